The Kier molecular flexibility index (Phi) is 4.68. The van der Waals surface area contributed by atoms with Gasteiger partial charge in [-0.1, -0.05) is 29.8 Å². The zero-order valence-corrected chi connectivity index (χ0v) is 16.1. The molecule has 3 aromatic rings. The number of halogens is 1. The second kappa shape index (κ2) is 7.18. The molecule has 0 N–H and O–H groups in total. The van der Waals surface area contributed by atoms with Gasteiger partial charge >= 0.3 is 10.1 Å². The standard InChI is InChI=1S/C22H15FO5S/c1-14-3-2-4-15(11-14)12-21-22(24)19-10-7-17(13-20(19)27-21)28-29(25,26)18-8-5-16(23)6-9-18/h2-13H,1H3. The average Bonchev–Trinajstić information content (AvgIpc) is 2.97. The summed E-state index contributed by atoms with van der Waals surface area (Å²) in [7, 11) is -4.15. The molecule has 1 aliphatic rings. The first kappa shape index (κ1) is 18.9. The fraction of sp³-hybridized carbons (Fsp3) is 0.0455. The number of ketones is 1. The third-order valence-electron chi connectivity index (χ3n) is 4.29. The van der Waals surface area contributed by atoms with Crippen LogP contribution in [0, 0.1) is 12.7 Å². The molecule has 0 spiro atoms. The molecule has 1 heterocycles. The zero-order chi connectivity index (χ0) is 20.6. The first-order valence-electron chi connectivity index (χ1n) is 8.67. The van der Waals surface area contributed by atoms with Crippen LogP contribution >= 0.6 is 0 Å². The summed E-state index contributed by atoms with van der Waals surface area (Å²) in [6.45, 7) is 1.94. The van der Waals surface area contributed by atoms with E-state index in [0.717, 1.165) is 35.4 Å². The number of carbonyl (C=O) groups excluding carboxylic acids is 1. The van der Waals surface area contributed by atoms with E-state index in [4.69, 9.17) is 8.92 Å². The number of ether oxygens (including phenoxy) is 1. The van der Waals surface area contributed by atoms with Crippen LogP contribution in [0.1, 0.15) is 21.5 Å². The highest BCUT2D eigenvalue weighted by molar-refractivity contribution is 7.87. The monoisotopic (exact) mass is 410 g/mol. The van der Waals surface area contributed by atoms with Gasteiger partial charge in [-0.3, -0.25) is 4.79 Å². The van der Waals surface area contributed by atoms with Crippen molar-refractivity contribution in [2.45, 2.75) is 11.8 Å². The highest BCUT2D eigenvalue weighted by Crippen LogP contribution is 2.35. The second-order valence-electron chi connectivity index (χ2n) is 6.50. The summed E-state index contributed by atoms with van der Waals surface area (Å²) < 4.78 is 48.4. The van der Waals surface area contributed by atoms with Crippen molar-refractivity contribution in [3.05, 3.63) is 95.0 Å². The molecule has 0 bridgehead atoms. The molecule has 0 atom stereocenters. The maximum Gasteiger partial charge on any atom is 0.339 e. The SMILES string of the molecule is Cc1cccc(C=C2Oc3cc(OS(=O)(=O)c4ccc(F)cc4)ccc3C2=O)c1. The third-order valence-corrected chi connectivity index (χ3v) is 5.55. The Morgan fingerprint density at radius 2 is 1.76 bits per heavy atom. The van der Waals surface area contributed by atoms with Crippen LogP contribution in [-0.4, -0.2) is 14.2 Å². The topological polar surface area (TPSA) is 69.7 Å². The molecule has 5 nitrogen and oxygen atoms in total. The summed E-state index contributed by atoms with van der Waals surface area (Å²) in [6.07, 6.45) is 1.63. The lowest BCUT2D eigenvalue weighted by Gasteiger charge is -2.08. The Morgan fingerprint density at radius 1 is 1.00 bits per heavy atom. The van der Waals surface area contributed by atoms with Crippen molar-refractivity contribution < 1.29 is 26.5 Å². The minimum absolute atomic E-state index is 0.0160. The number of benzene rings is 3. The minimum Gasteiger partial charge on any atom is -0.452 e. The highest BCUT2D eigenvalue weighted by Gasteiger charge is 2.28. The zero-order valence-electron chi connectivity index (χ0n) is 15.3. The van der Waals surface area contributed by atoms with Gasteiger partial charge in [0.15, 0.2) is 5.76 Å². The number of carbonyl (C=O) groups is 1. The Bertz CT molecular complexity index is 1240. The molecule has 0 aromatic heterocycles. The number of hydrogen-bond acceptors (Lipinski definition) is 5. The van der Waals surface area contributed by atoms with Gasteiger partial charge < -0.3 is 8.92 Å². The van der Waals surface area contributed by atoms with Crippen LogP contribution in [0.3, 0.4) is 0 Å². The molecule has 0 saturated carbocycles. The summed E-state index contributed by atoms with van der Waals surface area (Å²) >= 11 is 0. The number of aryl methyl sites for hydroxylation is 1. The first-order valence-corrected chi connectivity index (χ1v) is 10.1. The normalized spacial score (nSPS) is 14.6. The van der Waals surface area contributed by atoms with Crippen LogP contribution in [0.25, 0.3) is 6.08 Å². The van der Waals surface area contributed by atoms with E-state index < -0.39 is 15.9 Å². The predicted octanol–water partition coefficient (Wildman–Crippen LogP) is 4.52. The number of rotatable bonds is 4. The van der Waals surface area contributed by atoms with Crippen LogP contribution < -0.4 is 8.92 Å². The molecule has 0 aliphatic carbocycles. The molecule has 7 heteroatoms. The Balaban J connectivity index is 1.60. The average molecular weight is 410 g/mol. The summed E-state index contributed by atoms with van der Waals surface area (Å²) in [6, 6.07) is 16.0. The summed E-state index contributed by atoms with van der Waals surface area (Å²) in [5.41, 5.74) is 2.18. The lowest BCUT2D eigenvalue weighted by atomic mass is 10.1. The molecule has 4 rings (SSSR count). The van der Waals surface area contributed by atoms with Gasteiger partial charge in [0.2, 0.25) is 5.78 Å². The van der Waals surface area contributed by atoms with Crippen molar-refractivity contribution in [1.82, 2.24) is 0 Å². The van der Waals surface area contributed by atoms with Gasteiger partial charge in [-0.2, -0.15) is 8.42 Å². The third kappa shape index (κ3) is 3.90. The maximum atomic E-state index is 13.0. The van der Waals surface area contributed by atoms with E-state index >= 15 is 0 Å². The van der Waals surface area contributed by atoms with Crippen molar-refractivity contribution in [2.75, 3.05) is 0 Å². The molecule has 0 unspecified atom stereocenters. The molecule has 1 aliphatic heterocycles. The Morgan fingerprint density at radius 3 is 2.48 bits per heavy atom. The number of hydrogen-bond donors (Lipinski definition) is 0. The Labute approximate surface area is 167 Å². The molecule has 29 heavy (non-hydrogen) atoms. The van der Waals surface area contributed by atoms with Crippen LogP contribution in [0.4, 0.5) is 4.39 Å². The quantitative estimate of drug-likeness (QED) is 0.467. The van der Waals surface area contributed by atoms with E-state index in [1.54, 1.807) is 6.08 Å². The van der Waals surface area contributed by atoms with E-state index in [2.05, 4.69) is 0 Å². The molecule has 146 valence electrons. The second-order valence-corrected chi connectivity index (χ2v) is 8.05. The summed E-state index contributed by atoms with van der Waals surface area (Å²) in [5, 5.41) is 0. The predicted molar refractivity (Wildman–Crippen MR) is 105 cm³/mol. The summed E-state index contributed by atoms with van der Waals surface area (Å²) in [4.78, 5) is 12.4. The maximum absolute atomic E-state index is 13.0. The lowest BCUT2D eigenvalue weighted by Crippen LogP contribution is -2.09. The van der Waals surface area contributed by atoms with E-state index in [-0.39, 0.29) is 27.9 Å². The Hall–Kier alpha value is -3.45. The highest BCUT2D eigenvalue weighted by atomic mass is 32.2. The van der Waals surface area contributed by atoms with Gasteiger partial charge in [-0.15, -0.1) is 0 Å². The van der Waals surface area contributed by atoms with E-state index in [1.165, 1.54) is 18.2 Å². The summed E-state index contributed by atoms with van der Waals surface area (Å²) in [5.74, 6) is -0.515. The lowest BCUT2D eigenvalue weighted by molar-refractivity contribution is 0.101. The first-order chi connectivity index (χ1) is 13.8. The number of Topliss-reactive ketones (excluding diaryl/α,β-unsaturated/α-hetero) is 1. The molecule has 0 amide bonds. The van der Waals surface area contributed by atoms with Crippen LogP contribution in [0.2, 0.25) is 0 Å². The molecular weight excluding hydrogens is 395 g/mol. The van der Waals surface area contributed by atoms with Gasteiger partial charge in [0, 0.05) is 6.07 Å². The van der Waals surface area contributed by atoms with Crippen molar-refractivity contribution in [2.24, 2.45) is 0 Å². The van der Waals surface area contributed by atoms with Gasteiger partial charge in [0.05, 0.1) is 5.56 Å². The fourth-order valence-electron chi connectivity index (χ4n) is 2.91. The van der Waals surface area contributed by atoms with Crippen LogP contribution in [0.5, 0.6) is 11.5 Å². The fourth-order valence-corrected chi connectivity index (χ4v) is 3.83. The van der Waals surface area contributed by atoms with Crippen molar-refractivity contribution in [3.63, 3.8) is 0 Å². The van der Waals surface area contributed by atoms with E-state index in [9.17, 15) is 17.6 Å². The largest absolute Gasteiger partial charge is 0.452 e. The van der Waals surface area contributed by atoms with Gasteiger partial charge in [0.25, 0.3) is 0 Å². The molecule has 0 saturated heterocycles. The number of fused-ring (bicyclic) bond motifs is 1. The van der Waals surface area contributed by atoms with E-state index in [1.807, 2.05) is 31.2 Å². The molecule has 3 aromatic carbocycles. The van der Waals surface area contributed by atoms with Gasteiger partial charge in [-0.25, -0.2) is 4.39 Å². The molecular formula is C22H15FO5S. The minimum atomic E-state index is -4.15. The van der Waals surface area contributed by atoms with E-state index in [0.29, 0.717) is 5.56 Å². The molecule has 0 radical (unpaired) electrons. The van der Waals surface area contributed by atoms with Crippen LogP contribution in [-0.2, 0) is 10.1 Å². The van der Waals surface area contributed by atoms with Crippen molar-refractivity contribution in [3.8, 4) is 11.5 Å². The van der Waals surface area contributed by atoms with Crippen molar-refractivity contribution in [1.29, 1.82) is 0 Å². The van der Waals surface area contributed by atoms with Crippen molar-refractivity contribution >= 4 is 22.0 Å². The number of allylic oxidation sites excluding steroid dienone is 1. The van der Waals surface area contributed by atoms with Crippen LogP contribution in [0.15, 0.2) is 77.4 Å². The van der Waals surface area contributed by atoms with Gasteiger partial charge in [0.1, 0.15) is 22.2 Å². The van der Waals surface area contributed by atoms with Gasteiger partial charge in [-0.05, 0) is 55.0 Å². The molecule has 0 fully saturated rings. The smallest absolute Gasteiger partial charge is 0.339 e.